The molecule has 0 aromatic heterocycles. The SMILES string of the molecule is [B]C1C([B])C(NC(=O)/C=C(C)/C=C/C=C(C)/C=C/C2=C(C)C([B])(C)CCC2(C)C)C([B])C(O)C1F. The third-order valence-electron chi connectivity index (χ3n) is 7.52. The molecule has 0 heterocycles. The Morgan fingerprint density at radius 3 is 2.31 bits per heavy atom. The van der Waals surface area contributed by atoms with E-state index < -0.39 is 41.7 Å². The fourth-order valence-electron chi connectivity index (χ4n) is 4.70. The lowest BCUT2D eigenvalue weighted by Gasteiger charge is -2.45. The molecular formula is C27H36B4FNO2. The number of hydrogen-bond donors (Lipinski definition) is 2. The summed E-state index contributed by atoms with van der Waals surface area (Å²) < 4.78 is 14.0. The molecule has 7 unspecified atom stereocenters. The number of nitrogens with one attached hydrogen (secondary N) is 1. The van der Waals surface area contributed by atoms with Gasteiger partial charge in [-0.1, -0.05) is 74.5 Å². The lowest BCUT2D eigenvalue weighted by Crippen LogP contribution is -2.53. The molecule has 2 N–H and O–H groups in total. The van der Waals surface area contributed by atoms with E-state index in [4.69, 9.17) is 31.4 Å². The number of hydrogen-bond acceptors (Lipinski definition) is 2. The predicted octanol–water partition coefficient (Wildman–Crippen LogP) is 4.54. The van der Waals surface area contributed by atoms with Gasteiger partial charge in [-0.15, -0.1) is 0 Å². The Balaban J connectivity index is 2.04. The van der Waals surface area contributed by atoms with E-state index in [2.05, 4.69) is 45.2 Å². The number of aliphatic hydroxyl groups is 1. The van der Waals surface area contributed by atoms with Crippen molar-refractivity contribution < 1.29 is 14.3 Å². The van der Waals surface area contributed by atoms with Crippen LogP contribution in [0.1, 0.15) is 54.4 Å². The minimum absolute atomic E-state index is 0.0801. The van der Waals surface area contributed by atoms with Crippen LogP contribution in [-0.4, -0.2) is 60.7 Å². The molecule has 0 bridgehead atoms. The molecule has 1 amide bonds. The van der Waals surface area contributed by atoms with Crippen LogP contribution in [0.15, 0.2) is 58.7 Å². The first-order valence-electron chi connectivity index (χ1n) is 12.2. The molecule has 1 fully saturated rings. The molecule has 0 saturated heterocycles. The van der Waals surface area contributed by atoms with Crippen LogP contribution in [0.2, 0.25) is 22.8 Å². The smallest absolute Gasteiger partial charge is 0.244 e. The molecule has 8 heteroatoms. The number of rotatable bonds is 6. The minimum atomic E-state index is -1.73. The fraction of sp³-hybridized carbons (Fsp3) is 0.593. The Hall–Kier alpha value is -1.68. The van der Waals surface area contributed by atoms with Crippen molar-refractivity contribution in [2.24, 2.45) is 5.41 Å². The van der Waals surface area contributed by atoms with E-state index in [0.717, 1.165) is 18.4 Å². The van der Waals surface area contributed by atoms with Crippen molar-refractivity contribution in [1.29, 1.82) is 0 Å². The molecule has 0 aromatic rings. The van der Waals surface area contributed by atoms with Crippen molar-refractivity contribution in [3.8, 4) is 0 Å². The molecule has 2 aliphatic carbocycles. The fourth-order valence-corrected chi connectivity index (χ4v) is 4.70. The van der Waals surface area contributed by atoms with Crippen LogP contribution in [0.4, 0.5) is 4.39 Å². The second kappa shape index (κ2) is 11.6. The van der Waals surface area contributed by atoms with Gasteiger partial charge in [0.15, 0.2) is 0 Å². The van der Waals surface area contributed by atoms with Crippen molar-refractivity contribution in [2.45, 2.75) is 95.5 Å². The first-order valence-corrected chi connectivity index (χ1v) is 12.2. The van der Waals surface area contributed by atoms with E-state index >= 15 is 0 Å². The summed E-state index contributed by atoms with van der Waals surface area (Å²) in [6.45, 7) is 12.5. The molecule has 2 aliphatic rings. The van der Waals surface area contributed by atoms with Gasteiger partial charge in [-0.25, -0.2) is 4.39 Å². The van der Waals surface area contributed by atoms with Crippen LogP contribution in [0.3, 0.4) is 0 Å². The Labute approximate surface area is 216 Å². The highest BCUT2D eigenvalue weighted by Gasteiger charge is 2.44. The van der Waals surface area contributed by atoms with Crippen LogP contribution < -0.4 is 5.32 Å². The lowest BCUT2D eigenvalue weighted by atomic mass is 9.50. The summed E-state index contributed by atoms with van der Waals surface area (Å²) in [5, 5.41) is 12.3. The number of halogens is 1. The lowest BCUT2D eigenvalue weighted by molar-refractivity contribution is -0.117. The van der Waals surface area contributed by atoms with E-state index in [0.29, 0.717) is 5.57 Å². The van der Waals surface area contributed by atoms with Crippen molar-refractivity contribution in [2.75, 3.05) is 0 Å². The second-order valence-corrected chi connectivity index (χ2v) is 11.0. The third kappa shape index (κ3) is 7.18. The molecule has 35 heavy (non-hydrogen) atoms. The average molecular weight is 469 g/mol. The van der Waals surface area contributed by atoms with E-state index in [1.54, 1.807) is 6.92 Å². The van der Waals surface area contributed by atoms with Crippen LogP contribution in [0.25, 0.3) is 0 Å². The van der Waals surface area contributed by atoms with Crippen LogP contribution in [0, 0.1) is 5.41 Å². The Kier molecular flexibility index (Phi) is 9.78. The summed E-state index contributed by atoms with van der Waals surface area (Å²) in [7, 11) is 24.0. The first-order chi connectivity index (χ1) is 16.1. The van der Waals surface area contributed by atoms with E-state index in [1.165, 1.54) is 17.2 Å². The Morgan fingerprint density at radius 2 is 1.69 bits per heavy atom. The minimum Gasteiger partial charge on any atom is -0.391 e. The molecule has 0 aliphatic heterocycles. The summed E-state index contributed by atoms with van der Waals surface area (Å²) in [5.74, 6) is -3.50. The molecule has 2 rings (SSSR count). The monoisotopic (exact) mass is 469 g/mol. The van der Waals surface area contributed by atoms with Gasteiger partial charge in [0.05, 0.1) is 37.5 Å². The number of aliphatic hydroxyl groups excluding tert-OH is 1. The summed E-state index contributed by atoms with van der Waals surface area (Å²) in [4.78, 5) is 12.4. The van der Waals surface area contributed by atoms with Crippen molar-refractivity contribution >= 4 is 37.3 Å². The summed E-state index contributed by atoms with van der Waals surface area (Å²) >= 11 is 0. The number of amides is 1. The average Bonchev–Trinajstić information content (AvgIpc) is 2.77. The number of carbonyl (C=O) groups is 1. The first kappa shape index (κ1) is 29.5. The van der Waals surface area contributed by atoms with Gasteiger partial charge in [0, 0.05) is 12.1 Å². The van der Waals surface area contributed by atoms with Crippen LogP contribution >= 0.6 is 0 Å². The topological polar surface area (TPSA) is 49.3 Å². The van der Waals surface area contributed by atoms with Gasteiger partial charge in [0.25, 0.3) is 0 Å². The Bertz CT molecular complexity index is 935. The molecule has 1 saturated carbocycles. The summed E-state index contributed by atoms with van der Waals surface area (Å²) in [5.41, 5.74) is 4.35. The molecule has 0 spiro atoms. The normalized spacial score (nSPS) is 36.7. The van der Waals surface area contributed by atoms with Crippen LogP contribution in [-0.2, 0) is 4.79 Å². The maximum absolute atomic E-state index is 14.0. The van der Waals surface area contributed by atoms with Gasteiger partial charge in [-0.3, -0.25) is 4.79 Å². The molecule has 180 valence electrons. The largest absolute Gasteiger partial charge is 0.391 e. The Morgan fingerprint density at radius 1 is 1.06 bits per heavy atom. The number of alkyl halides is 1. The van der Waals surface area contributed by atoms with Crippen molar-refractivity contribution in [1.82, 2.24) is 5.32 Å². The van der Waals surface area contributed by atoms with Crippen molar-refractivity contribution in [3.05, 3.63) is 58.7 Å². The molecule has 8 radical (unpaired) electrons. The number of carbonyl (C=O) groups excluding carboxylic acids is 1. The van der Waals surface area contributed by atoms with E-state index in [1.807, 2.05) is 25.2 Å². The highest BCUT2D eigenvalue weighted by Crippen LogP contribution is 2.51. The number of allylic oxidation sites excluding steroid dienone is 9. The quantitative estimate of drug-likeness (QED) is 0.341. The van der Waals surface area contributed by atoms with Gasteiger partial charge in [0.1, 0.15) is 6.17 Å². The maximum atomic E-state index is 14.0. The molecule has 7 atom stereocenters. The van der Waals surface area contributed by atoms with Gasteiger partial charge in [-0.05, 0) is 60.7 Å². The molecule has 0 aromatic carbocycles. The van der Waals surface area contributed by atoms with E-state index in [-0.39, 0.29) is 10.7 Å². The summed E-state index contributed by atoms with van der Waals surface area (Å²) in [6.07, 6.45) is 10.1. The zero-order valence-corrected chi connectivity index (χ0v) is 21.9. The zero-order chi connectivity index (χ0) is 26.7. The van der Waals surface area contributed by atoms with Crippen LogP contribution in [0.5, 0.6) is 0 Å². The molecular weight excluding hydrogens is 433 g/mol. The van der Waals surface area contributed by atoms with Gasteiger partial charge in [-0.2, -0.15) is 0 Å². The standard InChI is InChI=1S/C27H36B4FNO2/c1-15(10-11-18-17(3)27(6,31)13-12-26(18,4)5)8-7-9-16(2)14-19(34)33-24-21(29)20(28)23(32)25(35)22(24)30/h7-11,14,20-25,35H,12-13H2,1-6H3,(H,33,34)/b9-7+,11-10+,15-8+,16-14+. The molecule has 3 nitrogen and oxygen atoms in total. The highest BCUT2D eigenvalue weighted by molar-refractivity contribution is 6.24. The highest BCUT2D eigenvalue weighted by atomic mass is 19.1. The predicted molar refractivity (Wildman–Crippen MR) is 147 cm³/mol. The maximum Gasteiger partial charge on any atom is 0.244 e. The zero-order valence-electron chi connectivity index (χ0n) is 21.9. The third-order valence-corrected chi connectivity index (χ3v) is 7.52. The summed E-state index contributed by atoms with van der Waals surface area (Å²) in [6, 6.07) is -0.836. The van der Waals surface area contributed by atoms with Gasteiger partial charge in [0.2, 0.25) is 5.91 Å². The van der Waals surface area contributed by atoms with Crippen molar-refractivity contribution in [3.63, 3.8) is 0 Å². The van der Waals surface area contributed by atoms with Gasteiger partial charge < -0.3 is 10.4 Å². The second-order valence-electron chi connectivity index (χ2n) is 11.0. The van der Waals surface area contributed by atoms with Gasteiger partial charge >= 0.3 is 0 Å². The van der Waals surface area contributed by atoms with E-state index in [9.17, 15) is 14.3 Å².